The normalized spacial score (nSPS) is 37.7. The van der Waals surface area contributed by atoms with Gasteiger partial charge in [0.2, 0.25) is 5.78 Å². The van der Waals surface area contributed by atoms with Crippen LogP contribution in [0.2, 0.25) is 0 Å². The van der Waals surface area contributed by atoms with Crippen LogP contribution in [0.15, 0.2) is 39.0 Å². The van der Waals surface area contributed by atoms with Crippen molar-refractivity contribution in [2.45, 2.75) is 30.4 Å². The van der Waals surface area contributed by atoms with Gasteiger partial charge in [-0.25, -0.2) is 0 Å². The minimum Gasteiger partial charge on any atom is -0.384 e. The molecule has 128 valence electrons. The summed E-state index contributed by atoms with van der Waals surface area (Å²) in [5, 5.41) is 17.6. The van der Waals surface area contributed by atoms with E-state index in [4.69, 9.17) is 0 Å². The maximum Gasteiger partial charge on any atom is 0.225 e. The van der Waals surface area contributed by atoms with E-state index in [1.165, 1.54) is 5.56 Å². The van der Waals surface area contributed by atoms with Gasteiger partial charge in [-0.05, 0) is 30.1 Å². The van der Waals surface area contributed by atoms with Gasteiger partial charge in [0, 0.05) is 33.1 Å². The van der Waals surface area contributed by atoms with Crippen LogP contribution < -0.4 is 10.6 Å². The Kier molecular flexibility index (Phi) is 2.79. The zero-order chi connectivity index (χ0) is 16.9. The lowest BCUT2D eigenvalue weighted by Gasteiger charge is -2.44. The van der Waals surface area contributed by atoms with Crippen LogP contribution in [-0.2, 0) is 6.42 Å². The summed E-state index contributed by atoms with van der Waals surface area (Å²) < 4.78 is 0.787. The average molecular weight is 418 g/mol. The zero-order valence-electron chi connectivity index (χ0n) is 13.2. The number of aromatic amines is 1. The lowest BCUT2D eigenvalue weighted by Crippen LogP contribution is -2.47. The Morgan fingerprint density at radius 3 is 3.16 bits per heavy atom. The van der Waals surface area contributed by atoms with Gasteiger partial charge in [0.15, 0.2) is 0 Å². The molecule has 0 aromatic carbocycles. The van der Waals surface area contributed by atoms with Crippen molar-refractivity contribution in [3.63, 3.8) is 0 Å². The molecule has 4 unspecified atom stereocenters. The number of fused-ring (bicyclic) bond motifs is 2. The van der Waals surface area contributed by atoms with E-state index in [-0.39, 0.29) is 22.6 Å². The Balaban J connectivity index is 1.64. The number of halogens is 1. The summed E-state index contributed by atoms with van der Waals surface area (Å²) in [5.41, 5.74) is 4.65. The minimum absolute atomic E-state index is 0.0417. The highest BCUT2D eigenvalue weighted by Gasteiger charge is 2.57. The highest BCUT2D eigenvalue weighted by molar-refractivity contribution is 9.11. The summed E-state index contributed by atoms with van der Waals surface area (Å²) in [7, 11) is 0. The lowest BCUT2D eigenvalue weighted by atomic mass is 9.65. The molecule has 1 aromatic heterocycles. The van der Waals surface area contributed by atoms with E-state index in [1.807, 2.05) is 12.3 Å². The number of carbonyl (C=O) groups is 1. The van der Waals surface area contributed by atoms with Crippen LogP contribution in [0.1, 0.15) is 34.1 Å². The third kappa shape index (κ3) is 1.70. The maximum atomic E-state index is 13.2. The number of aromatic nitrogens is 1. The van der Waals surface area contributed by atoms with Crippen LogP contribution in [0.5, 0.6) is 0 Å². The topological polar surface area (TPSA) is 77.2 Å². The monoisotopic (exact) mass is 417 g/mol. The van der Waals surface area contributed by atoms with Crippen molar-refractivity contribution in [3.8, 4) is 0 Å². The molecule has 0 saturated carbocycles. The van der Waals surface area contributed by atoms with Gasteiger partial charge in [-0.1, -0.05) is 22.0 Å². The molecule has 1 saturated heterocycles. The molecule has 6 rings (SSSR count). The Labute approximate surface area is 157 Å². The third-order valence-electron chi connectivity index (χ3n) is 6.03. The molecule has 2 aliphatic carbocycles. The van der Waals surface area contributed by atoms with E-state index in [0.717, 1.165) is 51.3 Å². The summed E-state index contributed by atoms with van der Waals surface area (Å²) in [4.78, 5) is 17.6. The summed E-state index contributed by atoms with van der Waals surface area (Å²) in [6.07, 6.45) is 7.31. The first kappa shape index (κ1) is 14.8. The second kappa shape index (κ2) is 4.71. The highest BCUT2D eigenvalue weighted by Crippen LogP contribution is 2.64. The second-order valence-corrected chi connectivity index (χ2v) is 9.45. The van der Waals surface area contributed by atoms with Crippen molar-refractivity contribution >= 4 is 33.5 Å². The van der Waals surface area contributed by atoms with E-state index in [0.29, 0.717) is 0 Å². The van der Waals surface area contributed by atoms with Gasteiger partial charge < -0.3 is 20.7 Å². The van der Waals surface area contributed by atoms with Crippen molar-refractivity contribution in [3.05, 3.63) is 55.8 Å². The molecule has 0 amide bonds. The SMILES string of the molecule is O=C1C2=C(C3NCCc4c[nH]c1c43)C13C=C(Br)C(O)C=C1SC(C3)N2. The van der Waals surface area contributed by atoms with E-state index in [1.54, 1.807) is 11.8 Å². The number of ketones is 1. The average Bonchev–Trinajstić information content (AvgIpc) is 3.13. The first-order chi connectivity index (χ1) is 12.1. The second-order valence-electron chi connectivity index (χ2n) is 7.29. The fourth-order valence-corrected chi connectivity index (χ4v) is 7.05. The summed E-state index contributed by atoms with van der Waals surface area (Å²) in [6.45, 7) is 0.902. The molecule has 25 heavy (non-hydrogen) atoms. The maximum absolute atomic E-state index is 13.2. The molecule has 0 radical (unpaired) electrons. The molecule has 4 atom stereocenters. The number of hydrogen-bond acceptors (Lipinski definition) is 5. The number of allylic oxidation sites excluding steroid dienone is 3. The Hall–Kier alpha value is -1.28. The predicted molar refractivity (Wildman–Crippen MR) is 99.3 cm³/mol. The van der Waals surface area contributed by atoms with Gasteiger partial charge in [-0.3, -0.25) is 4.79 Å². The van der Waals surface area contributed by atoms with E-state index in [9.17, 15) is 9.90 Å². The van der Waals surface area contributed by atoms with Gasteiger partial charge in [0.1, 0.15) is 6.10 Å². The van der Waals surface area contributed by atoms with Crippen LogP contribution in [-0.4, -0.2) is 33.9 Å². The van der Waals surface area contributed by atoms with Crippen molar-refractivity contribution in [2.75, 3.05) is 6.54 Å². The molecule has 4 N–H and O–H groups in total. The van der Waals surface area contributed by atoms with Crippen molar-refractivity contribution in [1.82, 2.24) is 15.6 Å². The smallest absolute Gasteiger partial charge is 0.225 e. The van der Waals surface area contributed by atoms with Gasteiger partial charge in [-0.2, -0.15) is 0 Å². The Bertz CT molecular complexity index is 946. The molecule has 4 heterocycles. The highest BCUT2D eigenvalue weighted by atomic mass is 79.9. The number of hydrogen-bond donors (Lipinski definition) is 4. The molecular formula is C18H16BrN3O2S. The standard InChI is InChI=1S/C18H16BrN3O2S/c19-8-4-18-5-11(25-10(18)3-9(8)23)22-16-13(18)14-12-7(1-2-20-14)6-21-15(12)17(16)24/h3-4,6,9,11,14,20-23H,1-2,5H2. The fourth-order valence-electron chi connectivity index (χ4n) is 5.03. The first-order valence-electron chi connectivity index (χ1n) is 8.53. The van der Waals surface area contributed by atoms with Gasteiger partial charge in [-0.15, -0.1) is 11.8 Å². The number of aliphatic hydroxyl groups is 1. The Morgan fingerprint density at radius 1 is 1.40 bits per heavy atom. The largest absolute Gasteiger partial charge is 0.384 e. The van der Waals surface area contributed by atoms with Crippen molar-refractivity contribution < 1.29 is 9.90 Å². The first-order valence-corrected chi connectivity index (χ1v) is 10.2. The number of H-pyrrole nitrogens is 1. The predicted octanol–water partition coefficient (Wildman–Crippen LogP) is 2.24. The molecule has 5 nitrogen and oxygen atoms in total. The van der Waals surface area contributed by atoms with Crippen LogP contribution in [0, 0.1) is 5.41 Å². The van der Waals surface area contributed by atoms with E-state index >= 15 is 0 Å². The molecule has 1 fully saturated rings. The lowest BCUT2D eigenvalue weighted by molar-refractivity contribution is 0.100. The molecule has 7 heteroatoms. The number of carbonyl (C=O) groups excluding carboxylic acids is 1. The molecular weight excluding hydrogens is 402 g/mol. The van der Waals surface area contributed by atoms with E-state index < -0.39 is 6.10 Å². The molecule has 3 aliphatic heterocycles. The van der Waals surface area contributed by atoms with Crippen LogP contribution in [0.25, 0.3) is 0 Å². The summed E-state index contributed by atoms with van der Waals surface area (Å²) in [6, 6.07) is 0.0417. The molecule has 1 spiro atoms. The van der Waals surface area contributed by atoms with Crippen molar-refractivity contribution in [1.29, 1.82) is 0 Å². The number of Topliss-reactive ketones (excluding diaryl/α,β-unsaturated/α-hetero) is 1. The van der Waals surface area contributed by atoms with Gasteiger partial charge in [0.05, 0.1) is 22.8 Å². The van der Waals surface area contributed by atoms with Gasteiger partial charge in [0.25, 0.3) is 0 Å². The Morgan fingerprint density at radius 2 is 2.28 bits per heavy atom. The zero-order valence-corrected chi connectivity index (χ0v) is 15.6. The number of rotatable bonds is 0. The molecule has 5 aliphatic rings. The summed E-state index contributed by atoms with van der Waals surface area (Å²) in [5.74, 6) is 0.0674. The number of thioether (sulfide) groups is 1. The fraction of sp³-hybridized carbons (Fsp3) is 0.389. The molecule has 1 aromatic rings. The quantitative estimate of drug-likeness (QED) is 0.520. The van der Waals surface area contributed by atoms with E-state index in [2.05, 4.69) is 37.6 Å². The van der Waals surface area contributed by atoms with Crippen LogP contribution in [0.4, 0.5) is 0 Å². The van der Waals surface area contributed by atoms with Crippen molar-refractivity contribution in [2.24, 2.45) is 5.41 Å². The number of nitrogens with one attached hydrogen (secondary N) is 3. The van der Waals surface area contributed by atoms with Crippen LogP contribution in [0.3, 0.4) is 0 Å². The summed E-state index contributed by atoms with van der Waals surface area (Å²) >= 11 is 5.28. The van der Waals surface area contributed by atoms with Crippen LogP contribution >= 0.6 is 27.7 Å². The molecule has 2 bridgehead atoms. The number of aliphatic hydroxyl groups excluding tert-OH is 1. The van der Waals surface area contributed by atoms with Gasteiger partial charge >= 0.3 is 0 Å². The third-order valence-corrected chi connectivity index (χ3v) is 8.05. The minimum atomic E-state index is -0.603.